The zero-order valence-corrected chi connectivity index (χ0v) is 9.60. The highest BCUT2D eigenvalue weighted by atomic mass is 16.4. The van der Waals surface area contributed by atoms with Gasteiger partial charge in [-0.1, -0.05) is 12.1 Å². The average molecular weight is 230 g/mol. The monoisotopic (exact) mass is 230 g/mol. The molecule has 1 unspecified atom stereocenters. The van der Waals surface area contributed by atoms with Crippen molar-refractivity contribution in [3.8, 4) is 0 Å². The number of fused-ring (bicyclic) bond motifs is 1. The molecular weight excluding hydrogens is 216 g/mol. The second-order valence-corrected chi connectivity index (χ2v) is 4.75. The summed E-state index contributed by atoms with van der Waals surface area (Å²) in [6.45, 7) is 1.69. The first-order valence-electron chi connectivity index (χ1n) is 5.87. The van der Waals surface area contributed by atoms with Crippen molar-refractivity contribution in [3.63, 3.8) is 0 Å². The predicted molar refractivity (Wildman–Crippen MR) is 64.1 cm³/mol. The lowest BCUT2D eigenvalue weighted by atomic mass is 9.99. The Kier molecular flexibility index (Phi) is 2.18. The van der Waals surface area contributed by atoms with Gasteiger partial charge in [0.05, 0.1) is 11.4 Å². The molecule has 1 heterocycles. The van der Waals surface area contributed by atoms with E-state index in [0.29, 0.717) is 5.92 Å². The van der Waals surface area contributed by atoms with Gasteiger partial charge in [0, 0.05) is 17.0 Å². The molecule has 3 rings (SSSR count). The van der Waals surface area contributed by atoms with Crippen LogP contribution in [0.25, 0.3) is 10.9 Å². The molecule has 0 aliphatic heterocycles. The van der Waals surface area contributed by atoms with Gasteiger partial charge in [0.1, 0.15) is 0 Å². The zero-order chi connectivity index (χ0) is 12.0. The molecule has 1 aromatic carbocycles. The van der Waals surface area contributed by atoms with Crippen molar-refractivity contribution in [2.75, 3.05) is 0 Å². The highest BCUT2D eigenvalue weighted by Crippen LogP contribution is 2.42. The van der Waals surface area contributed by atoms with Crippen LogP contribution in [0.3, 0.4) is 0 Å². The van der Waals surface area contributed by atoms with E-state index in [1.807, 2.05) is 18.2 Å². The van der Waals surface area contributed by atoms with Gasteiger partial charge in [-0.05, 0) is 31.4 Å². The van der Waals surface area contributed by atoms with Crippen LogP contribution in [0.4, 0.5) is 0 Å². The SMILES string of the molecule is CC(C(=O)O)c1ccc2c(C3CC3)[nH]nc2c1. The van der Waals surface area contributed by atoms with E-state index < -0.39 is 11.9 Å². The Hall–Kier alpha value is -1.84. The van der Waals surface area contributed by atoms with E-state index in [9.17, 15) is 4.79 Å². The number of rotatable bonds is 3. The summed E-state index contributed by atoms with van der Waals surface area (Å²) in [5, 5.41) is 17.5. The maximum atomic E-state index is 10.9. The molecule has 88 valence electrons. The standard InChI is InChI=1S/C13H14N2O2/c1-7(13(16)17)9-4-5-10-11(6-9)14-15-12(10)8-2-3-8/h4-8H,2-3H2,1H3,(H,14,15)(H,16,17). The van der Waals surface area contributed by atoms with Gasteiger partial charge in [-0.3, -0.25) is 9.89 Å². The van der Waals surface area contributed by atoms with Crippen LogP contribution < -0.4 is 0 Å². The molecule has 1 fully saturated rings. The van der Waals surface area contributed by atoms with E-state index in [0.717, 1.165) is 16.5 Å². The maximum Gasteiger partial charge on any atom is 0.310 e. The summed E-state index contributed by atoms with van der Waals surface area (Å²) < 4.78 is 0. The van der Waals surface area contributed by atoms with Gasteiger partial charge in [0.2, 0.25) is 0 Å². The van der Waals surface area contributed by atoms with Crippen molar-refractivity contribution in [3.05, 3.63) is 29.5 Å². The van der Waals surface area contributed by atoms with Crippen LogP contribution in [0, 0.1) is 0 Å². The summed E-state index contributed by atoms with van der Waals surface area (Å²) >= 11 is 0. The van der Waals surface area contributed by atoms with Crippen molar-refractivity contribution in [2.45, 2.75) is 31.6 Å². The zero-order valence-electron chi connectivity index (χ0n) is 9.60. The summed E-state index contributed by atoms with van der Waals surface area (Å²) in [5.41, 5.74) is 2.88. The third-order valence-electron chi connectivity index (χ3n) is 3.46. The van der Waals surface area contributed by atoms with Crippen LogP contribution >= 0.6 is 0 Å². The molecule has 1 aliphatic rings. The fourth-order valence-electron chi connectivity index (χ4n) is 2.14. The van der Waals surface area contributed by atoms with Gasteiger partial charge in [-0.15, -0.1) is 0 Å². The van der Waals surface area contributed by atoms with E-state index in [1.165, 1.54) is 18.5 Å². The molecule has 1 aliphatic carbocycles. The van der Waals surface area contributed by atoms with Crippen LogP contribution in [-0.4, -0.2) is 21.3 Å². The number of H-pyrrole nitrogens is 1. The second kappa shape index (κ2) is 3.58. The molecule has 0 radical (unpaired) electrons. The third kappa shape index (κ3) is 1.69. The third-order valence-corrected chi connectivity index (χ3v) is 3.46. The molecule has 1 aromatic heterocycles. The number of carboxylic acid groups (broad SMARTS) is 1. The van der Waals surface area contributed by atoms with Gasteiger partial charge in [-0.2, -0.15) is 5.10 Å². The quantitative estimate of drug-likeness (QED) is 0.851. The van der Waals surface area contributed by atoms with Crippen LogP contribution in [-0.2, 0) is 4.79 Å². The van der Waals surface area contributed by atoms with Gasteiger partial charge < -0.3 is 5.11 Å². The number of carbonyl (C=O) groups is 1. The molecule has 17 heavy (non-hydrogen) atoms. The predicted octanol–water partition coefficient (Wildman–Crippen LogP) is 2.63. The smallest absolute Gasteiger partial charge is 0.310 e. The summed E-state index contributed by atoms with van der Waals surface area (Å²) in [7, 11) is 0. The van der Waals surface area contributed by atoms with Crippen LogP contribution in [0.1, 0.15) is 42.9 Å². The molecule has 2 N–H and O–H groups in total. The molecule has 0 spiro atoms. The molecule has 4 heteroatoms. The van der Waals surface area contributed by atoms with Gasteiger partial charge >= 0.3 is 5.97 Å². The number of hydrogen-bond acceptors (Lipinski definition) is 2. The molecule has 2 aromatic rings. The van der Waals surface area contributed by atoms with Crippen molar-refractivity contribution in [2.24, 2.45) is 0 Å². The van der Waals surface area contributed by atoms with E-state index in [2.05, 4.69) is 10.2 Å². The lowest BCUT2D eigenvalue weighted by Crippen LogP contribution is -2.06. The van der Waals surface area contributed by atoms with E-state index in [-0.39, 0.29) is 0 Å². The highest BCUT2D eigenvalue weighted by Gasteiger charge is 2.27. The number of aliphatic carboxylic acids is 1. The van der Waals surface area contributed by atoms with E-state index in [4.69, 9.17) is 5.11 Å². The summed E-state index contributed by atoms with van der Waals surface area (Å²) in [6, 6.07) is 5.75. The topological polar surface area (TPSA) is 66.0 Å². The number of nitrogens with one attached hydrogen (secondary N) is 1. The van der Waals surface area contributed by atoms with Gasteiger partial charge in [0.15, 0.2) is 0 Å². The Balaban J connectivity index is 2.05. The van der Waals surface area contributed by atoms with Gasteiger partial charge in [0.25, 0.3) is 0 Å². The highest BCUT2D eigenvalue weighted by molar-refractivity contribution is 5.85. The Morgan fingerprint density at radius 2 is 2.29 bits per heavy atom. The largest absolute Gasteiger partial charge is 0.481 e. The Bertz CT molecular complexity index is 584. The van der Waals surface area contributed by atoms with Gasteiger partial charge in [-0.25, -0.2) is 0 Å². The van der Waals surface area contributed by atoms with E-state index in [1.54, 1.807) is 6.92 Å². The molecule has 1 atom stereocenters. The normalized spacial score (nSPS) is 17.2. The lowest BCUT2D eigenvalue weighted by Gasteiger charge is -2.05. The Morgan fingerprint density at radius 3 is 2.94 bits per heavy atom. The Morgan fingerprint density at radius 1 is 1.53 bits per heavy atom. The average Bonchev–Trinajstić information content (AvgIpc) is 3.07. The van der Waals surface area contributed by atoms with Crippen molar-refractivity contribution in [1.82, 2.24) is 10.2 Å². The fraction of sp³-hybridized carbons (Fsp3) is 0.385. The molecule has 4 nitrogen and oxygen atoms in total. The number of hydrogen-bond donors (Lipinski definition) is 2. The number of aromatic amines is 1. The van der Waals surface area contributed by atoms with Crippen molar-refractivity contribution >= 4 is 16.9 Å². The Labute approximate surface area is 98.6 Å². The maximum absolute atomic E-state index is 10.9. The number of nitrogens with zero attached hydrogens (tertiary/aromatic N) is 1. The summed E-state index contributed by atoms with van der Waals surface area (Å²) in [4.78, 5) is 10.9. The first-order valence-corrected chi connectivity index (χ1v) is 5.87. The van der Waals surface area contributed by atoms with Crippen molar-refractivity contribution in [1.29, 1.82) is 0 Å². The van der Waals surface area contributed by atoms with Crippen LogP contribution in [0.15, 0.2) is 18.2 Å². The number of aromatic nitrogens is 2. The summed E-state index contributed by atoms with van der Waals surface area (Å²) in [6.07, 6.45) is 2.45. The molecule has 0 bridgehead atoms. The fourth-order valence-corrected chi connectivity index (χ4v) is 2.14. The molecular formula is C13H14N2O2. The first kappa shape index (κ1) is 10.3. The molecule has 0 amide bonds. The lowest BCUT2D eigenvalue weighted by molar-refractivity contribution is -0.138. The van der Waals surface area contributed by atoms with Crippen LogP contribution in [0.2, 0.25) is 0 Å². The molecule has 1 saturated carbocycles. The minimum atomic E-state index is -0.803. The summed E-state index contributed by atoms with van der Waals surface area (Å²) in [5.74, 6) is -0.662. The number of carboxylic acids is 1. The van der Waals surface area contributed by atoms with Crippen molar-refractivity contribution < 1.29 is 9.90 Å². The van der Waals surface area contributed by atoms with Crippen LogP contribution in [0.5, 0.6) is 0 Å². The van der Waals surface area contributed by atoms with E-state index >= 15 is 0 Å². The minimum absolute atomic E-state index is 0.486. The first-order chi connectivity index (χ1) is 8.16. The number of benzene rings is 1. The minimum Gasteiger partial charge on any atom is -0.481 e. The molecule has 0 saturated heterocycles. The second-order valence-electron chi connectivity index (χ2n) is 4.75.